The van der Waals surface area contributed by atoms with E-state index in [2.05, 4.69) is 371 Å². The second-order valence-corrected chi connectivity index (χ2v) is 30.1. The van der Waals surface area contributed by atoms with Gasteiger partial charge in [-0.3, -0.25) is 0 Å². The second-order valence-electron chi connectivity index (χ2n) is 30.1. The molecule has 2 heteroatoms. The van der Waals surface area contributed by atoms with Crippen LogP contribution in [0.5, 0.6) is 0 Å². The Morgan fingerprint density at radius 1 is 0.223 bits per heavy atom. The lowest BCUT2D eigenvalue weighted by atomic mass is 9.84. The van der Waals surface area contributed by atoms with Crippen molar-refractivity contribution < 1.29 is 0 Å². The lowest BCUT2D eigenvalue weighted by Gasteiger charge is -2.24. The Balaban J connectivity index is 1.15. The molecule has 12 aromatic carbocycles. The van der Waals surface area contributed by atoms with Crippen molar-refractivity contribution in [2.75, 3.05) is 0 Å². The third-order valence-corrected chi connectivity index (χ3v) is 19.8. The van der Waals surface area contributed by atoms with Crippen molar-refractivity contribution in [3.63, 3.8) is 0 Å². The summed E-state index contributed by atoms with van der Waals surface area (Å²) < 4.78 is 5.24. The number of hydrogen-bond donors (Lipinski definition) is 0. The fourth-order valence-electron chi connectivity index (χ4n) is 14.7. The molecule has 460 valence electrons. The number of hydrogen-bond acceptors (Lipinski definition) is 0. The van der Waals surface area contributed by atoms with E-state index in [0.717, 1.165) is 50.3 Å². The fourth-order valence-corrected chi connectivity index (χ4v) is 14.7. The van der Waals surface area contributed by atoms with Gasteiger partial charge in [-0.1, -0.05) is 295 Å². The van der Waals surface area contributed by atoms with Gasteiger partial charge in [0.05, 0.1) is 33.4 Å². The van der Waals surface area contributed by atoms with E-state index in [1.807, 2.05) is 0 Å². The van der Waals surface area contributed by atoms with Crippen LogP contribution >= 0.6 is 0 Å². The molecule has 0 atom stereocenters. The zero-order valence-corrected chi connectivity index (χ0v) is 56.5. The average Bonchev–Trinajstić information content (AvgIpc) is 1.54. The molecule has 0 unspecified atom stereocenters. The lowest BCUT2D eigenvalue weighted by molar-refractivity contribution is 0.590. The number of fused-ring (bicyclic) bond motifs is 9. The minimum atomic E-state index is -0.0800. The second kappa shape index (κ2) is 22.8. The van der Waals surface area contributed by atoms with E-state index in [1.54, 1.807) is 0 Å². The van der Waals surface area contributed by atoms with Crippen LogP contribution in [0.25, 0.3) is 99.5 Å². The molecule has 15 rings (SSSR count). The highest BCUT2D eigenvalue weighted by Crippen LogP contribution is 2.54. The van der Waals surface area contributed by atoms with Crippen molar-refractivity contribution in [2.24, 2.45) is 0 Å². The molecule has 1 aliphatic rings. The molecule has 0 bridgehead atoms. The summed E-state index contributed by atoms with van der Waals surface area (Å²) in [6, 6.07) is 106. The fraction of sp³-hybridized carbons (Fsp3) is 0.174. The standard InChI is InChI=1S/C92H82N2/c1-89(2,3)65-43-48-79-73(53-65)74-54-66(90(4,5)6)44-49-80(74)93(79)83-52-64(87(63-38-26-17-27-39-63)85(59-30-18-13-19-31-59)60-32-20-14-21-33-60)42-47-70(83)77-57-72-69-40-28-29-41-71(69)88(86(61-34-22-15-23-35-61)62-36-24-16-25-37-62)78(72)58-84(77)94-81-50-45-67(91(7,8)9)55-75(81)76-56-68(92(10,11)12)46-51-82(76)94/h13-58H,1-12H3. The summed E-state index contributed by atoms with van der Waals surface area (Å²) >= 11 is 0. The Hall–Kier alpha value is -10.3. The first-order chi connectivity index (χ1) is 45.2. The van der Waals surface area contributed by atoms with Crippen molar-refractivity contribution in [2.45, 2.75) is 105 Å². The number of nitrogens with zero attached hydrogens (tertiary/aromatic N) is 2. The van der Waals surface area contributed by atoms with Crippen LogP contribution < -0.4 is 0 Å². The van der Waals surface area contributed by atoms with E-state index in [-0.39, 0.29) is 21.7 Å². The maximum atomic E-state index is 2.62. The highest BCUT2D eigenvalue weighted by atomic mass is 15.0. The van der Waals surface area contributed by atoms with Crippen LogP contribution in [0.3, 0.4) is 0 Å². The third-order valence-electron chi connectivity index (χ3n) is 19.8. The maximum absolute atomic E-state index is 2.62. The Kier molecular flexibility index (Phi) is 14.5. The van der Waals surface area contributed by atoms with Crippen LogP contribution in [0.4, 0.5) is 0 Å². The summed E-state index contributed by atoms with van der Waals surface area (Å²) in [6.07, 6.45) is 0. The van der Waals surface area contributed by atoms with Crippen molar-refractivity contribution >= 4 is 65.9 Å². The minimum Gasteiger partial charge on any atom is -0.309 e. The normalized spacial score (nSPS) is 12.7. The van der Waals surface area contributed by atoms with E-state index in [9.17, 15) is 0 Å². The van der Waals surface area contributed by atoms with Gasteiger partial charge in [-0.2, -0.15) is 0 Å². The summed E-state index contributed by atoms with van der Waals surface area (Å²) in [6.45, 7) is 28.0. The summed E-state index contributed by atoms with van der Waals surface area (Å²) in [4.78, 5) is 0. The molecule has 0 N–H and O–H groups in total. The molecule has 0 saturated carbocycles. The molecule has 14 aromatic rings. The van der Waals surface area contributed by atoms with E-state index in [0.29, 0.717) is 0 Å². The van der Waals surface area contributed by atoms with Gasteiger partial charge in [0.1, 0.15) is 0 Å². The van der Waals surface area contributed by atoms with Crippen LogP contribution in [0.2, 0.25) is 0 Å². The number of benzene rings is 12. The zero-order valence-electron chi connectivity index (χ0n) is 56.5. The topological polar surface area (TPSA) is 9.86 Å². The molecule has 0 amide bonds. The van der Waals surface area contributed by atoms with Crippen LogP contribution in [0.1, 0.15) is 150 Å². The van der Waals surface area contributed by atoms with Gasteiger partial charge in [0.2, 0.25) is 0 Å². The molecule has 0 aliphatic heterocycles. The van der Waals surface area contributed by atoms with Crippen molar-refractivity contribution in [3.05, 3.63) is 346 Å². The maximum Gasteiger partial charge on any atom is 0.0547 e. The van der Waals surface area contributed by atoms with Crippen molar-refractivity contribution in [1.82, 2.24) is 9.13 Å². The molecule has 0 saturated heterocycles. The van der Waals surface area contributed by atoms with Crippen molar-refractivity contribution in [1.29, 1.82) is 0 Å². The van der Waals surface area contributed by atoms with Gasteiger partial charge in [-0.25, -0.2) is 0 Å². The monoisotopic (exact) mass is 1210 g/mol. The zero-order chi connectivity index (χ0) is 65.0. The predicted molar refractivity (Wildman–Crippen MR) is 403 cm³/mol. The number of aromatic nitrogens is 2. The molecule has 2 nitrogen and oxygen atoms in total. The van der Waals surface area contributed by atoms with E-state index < -0.39 is 0 Å². The third kappa shape index (κ3) is 10.5. The van der Waals surface area contributed by atoms with Crippen LogP contribution in [-0.2, 0) is 21.7 Å². The van der Waals surface area contributed by atoms with Gasteiger partial charge in [0.25, 0.3) is 0 Å². The Morgan fingerprint density at radius 2 is 0.543 bits per heavy atom. The predicted octanol–water partition coefficient (Wildman–Crippen LogP) is 24.7. The van der Waals surface area contributed by atoms with Crippen molar-refractivity contribution in [3.8, 4) is 33.6 Å². The molecular formula is C92H82N2. The van der Waals surface area contributed by atoms with Crippen LogP contribution in [0, 0.1) is 0 Å². The first kappa shape index (κ1) is 60.0. The average molecular weight is 1220 g/mol. The smallest absolute Gasteiger partial charge is 0.0547 e. The van der Waals surface area contributed by atoms with Crippen LogP contribution in [0.15, 0.2) is 279 Å². The van der Waals surface area contributed by atoms with E-state index >= 15 is 0 Å². The van der Waals surface area contributed by atoms with Gasteiger partial charge in [0.15, 0.2) is 0 Å². The number of rotatable bonds is 9. The van der Waals surface area contributed by atoms with Gasteiger partial charge in [-0.05, 0) is 189 Å². The van der Waals surface area contributed by atoms with Gasteiger partial charge in [0, 0.05) is 32.7 Å². The summed E-state index contributed by atoms with van der Waals surface area (Å²) in [5, 5.41) is 5.00. The highest BCUT2D eigenvalue weighted by molar-refractivity contribution is 6.17. The van der Waals surface area contributed by atoms with Gasteiger partial charge >= 0.3 is 0 Å². The molecule has 2 aromatic heterocycles. The molecular weight excluding hydrogens is 1130 g/mol. The SMILES string of the molecule is CC(C)(C)c1ccc2c(c1)c1cc(C(C)(C)C)ccc1n2-c1cc(C(=C(c2ccccc2)c2ccccc2)c2ccccc2)ccc1-c1cc2c(cc1-n1c3ccc(C(C)(C)C)cc3c3cc(C(C)(C)C)ccc31)C(=C(c1ccccc1)c1ccccc1)c1ccccc1-2. The molecule has 0 fully saturated rings. The summed E-state index contributed by atoms with van der Waals surface area (Å²) in [7, 11) is 0. The largest absolute Gasteiger partial charge is 0.309 e. The van der Waals surface area contributed by atoms with Gasteiger partial charge in [-0.15, -0.1) is 0 Å². The highest BCUT2D eigenvalue weighted by Gasteiger charge is 2.33. The molecule has 94 heavy (non-hydrogen) atoms. The van der Waals surface area contributed by atoms with E-state index in [1.165, 1.54) is 116 Å². The molecule has 0 spiro atoms. The first-order valence-electron chi connectivity index (χ1n) is 33.6. The summed E-state index contributed by atoms with van der Waals surface area (Å²) in [5.41, 5.74) is 30.7. The van der Waals surface area contributed by atoms with Gasteiger partial charge < -0.3 is 9.13 Å². The van der Waals surface area contributed by atoms with Crippen LogP contribution in [-0.4, -0.2) is 9.13 Å². The van der Waals surface area contributed by atoms with E-state index in [4.69, 9.17) is 0 Å². The Bertz CT molecular complexity index is 5110. The molecule has 1 aliphatic carbocycles. The Labute approximate surface area is 555 Å². The Morgan fingerprint density at radius 3 is 0.904 bits per heavy atom. The lowest BCUT2D eigenvalue weighted by Crippen LogP contribution is -2.10. The minimum absolute atomic E-state index is 0.0755. The summed E-state index contributed by atoms with van der Waals surface area (Å²) in [5.74, 6) is 0. The quantitative estimate of drug-likeness (QED) is 0.128. The molecule has 0 radical (unpaired) electrons. The first-order valence-corrected chi connectivity index (χ1v) is 33.6. The molecule has 2 heterocycles.